The molecule has 0 radical (unpaired) electrons. The zero-order chi connectivity index (χ0) is 16.4. The van der Waals surface area contributed by atoms with E-state index in [1.165, 1.54) is 12.1 Å². The first-order valence-corrected chi connectivity index (χ1v) is 8.29. The van der Waals surface area contributed by atoms with E-state index in [9.17, 15) is 17.6 Å². The van der Waals surface area contributed by atoms with Crippen LogP contribution in [0.4, 0.5) is 17.6 Å². The summed E-state index contributed by atoms with van der Waals surface area (Å²) in [7, 11) is 0. The topological polar surface area (TPSA) is 15.3 Å². The van der Waals surface area contributed by atoms with E-state index in [0.717, 1.165) is 44.8 Å². The number of rotatable bonds is 3. The summed E-state index contributed by atoms with van der Waals surface area (Å²) < 4.78 is 54.4. The molecule has 6 heteroatoms. The summed E-state index contributed by atoms with van der Waals surface area (Å²) in [5.74, 6) is -0.982. The summed E-state index contributed by atoms with van der Waals surface area (Å²) in [5, 5.41) is 3.23. The Balaban J connectivity index is 2.04. The first-order chi connectivity index (χ1) is 11.0. The third kappa shape index (κ3) is 3.53. The summed E-state index contributed by atoms with van der Waals surface area (Å²) in [6.07, 6.45) is -0.732. The third-order valence-electron chi connectivity index (χ3n) is 5.04. The number of nitrogens with one attached hydrogen (secondary N) is 1. The summed E-state index contributed by atoms with van der Waals surface area (Å²) in [5.41, 5.74) is -0.957. The van der Waals surface area contributed by atoms with Gasteiger partial charge in [0, 0.05) is 32.2 Å². The average Bonchev–Trinajstić information content (AvgIpc) is 3.01. The molecule has 0 amide bonds. The largest absolute Gasteiger partial charge is 0.419 e. The van der Waals surface area contributed by atoms with Crippen LogP contribution >= 0.6 is 0 Å². The zero-order valence-electron chi connectivity index (χ0n) is 13.0. The van der Waals surface area contributed by atoms with Crippen LogP contribution in [0.25, 0.3) is 0 Å². The second kappa shape index (κ2) is 6.77. The second-order valence-electron chi connectivity index (χ2n) is 6.48. The van der Waals surface area contributed by atoms with Crippen LogP contribution in [-0.4, -0.2) is 31.1 Å². The smallest absolute Gasteiger partial charge is 0.314 e. The van der Waals surface area contributed by atoms with Crippen molar-refractivity contribution in [1.29, 1.82) is 0 Å². The molecule has 1 N–H and O–H groups in total. The first-order valence-electron chi connectivity index (χ1n) is 8.29. The molecule has 1 aromatic rings. The van der Waals surface area contributed by atoms with Crippen molar-refractivity contribution in [3.8, 4) is 0 Å². The van der Waals surface area contributed by atoms with Gasteiger partial charge in [-0.1, -0.05) is 25.0 Å². The van der Waals surface area contributed by atoms with Gasteiger partial charge in [-0.3, -0.25) is 4.90 Å². The van der Waals surface area contributed by atoms with E-state index in [0.29, 0.717) is 13.1 Å². The van der Waals surface area contributed by atoms with Gasteiger partial charge >= 0.3 is 6.18 Å². The fourth-order valence-electron chi connectivity index (χ4n) is 4.07. The van der Waals surface area contributed by atoms with Crippen molar-refractivity contribution in [2.45, 2.75) is 37.9 Å². The Morgan fingerprint density at radius 1 is 1.09 bits per heavy atom. The van der Waals surface area contributed by atoms with Gasteiger partial charge in [0.2, 0.25) is 0 Å². The molecule has 2 nitrogen and oxygen atoms in total. The summed E-state index contributed by atoms with van der Waals surface area (Å²) in [6, 6.07) is 3.45. The van der Waals surface area contributed by atoms with Crippen LogP contribution in [0.15, 0.2) is 18.2 Å². The molecule has 0 spiro atoms. The number of benzene rings is 1. The van der Waals surface area contributed by atoms with E-state index in [-0.39, 0.29) is 17.5 Å². The lowest BCUT2D eigenvalue weighted by molar-refractivity contribution is -0.141. The fourth-order valence-corrected chi connectivity index (χ4v) is 4.07. The molecule has 1 saturated carbocycles. The van der Waals surface area contributed by atoms with E-state index in [2.05, 4.69) is 10.2 Å². The Labute approximate surface area is 133 Å². The van der Waals surface area contributed by atoms with Gasteiger partial charge in [0.25, 0.3) is 0 Å². The minimum atomic E-state index is -4.66. The Morgan fingerprint density at radius 2 is 1.74 bits per heavy atom. The van der Waals surface area contributed by atoms with Crippen molar-refractivity contribution in [2.75, 3.05) is 26.2 Å². The van der Waals surface area contributed by atoms with Crippen LogP contribution in [0.5, 0.6) is 0 Å². The monoisotopic (exact) mass is 330 g/mol. The average molecular weight is 330 g/mol. The number of nitrogens with zero attached hydrogens (tertiary/aromatic N) is 1. The highest BCUT2D eigenvalue weighted by Crippen LogP contribution is 2.45. The van der Waals surface area contributed by atoms with Gasteiger partial charge in [0.15, 0.2) is 0 Å². The van der Waals surface area contributed by atoms with Crippen molar-refractivity contribution in [2.24, 2.45) is 5.92 Å². The number of halogens is 4. The van der Waals surface area contributed by atoms with Crippen molar-refractivity contribution < 1.29 is 17.6 Å². The number of piperazine rings is 1. The normalized spacial score (nSPS) is 22.4. The molecular weight excluding hydrogens is 308 g/mol. The molecule has 2 fully saturated rings. The quantitative estimate of drug-likeness (QED) is 0.844. The van der Waals surface area contributed by atoms with Crippen molar-refractivity contribution in [3.63, 3.8) is 0 Å². The molecule has 1 heterocycles. The molecular formula is C17H22F4N2. The van der Waals surface area contributed by atoms with Crippen LogP contribution in [0.1, 0.15) is 42.9 Å². The summed E-state index contributed by atoms with van der Waals surface area (Å²) >= 11 is 0. The molecule has 0 unspecified atom stereocenters. The van der Waals surface area contributed by atoms with E-state index in [4.69, 9.17) is 0 Å². The molecule has 1 aromatic carbocycles. The van der Waals surface area contributed by atoms with Crippen LogP contribution in [0.3, 0.4) is 0 Å². The second-order valence-corrected chi connectivity index (χ2v) is 6.48. The van der Waals surface area contributed by atoms with E-state index in [1.807, 2.05) is 0 Å². The molecule has 0 aromatic heterocycles. The summed E-state index contributed by atoms with van der Waals surface area (Å²) in [4.78, 5) is 2.11. The van der Waals surface area contributed by atoms with Crippen LogP contribution in [0, 0.1) is 11.7 Å². The van der Waals surface area contributed by atoms with Gasteiger partial charge in [0.05, 0.1) is 5.56 Å². The van der Waals surface area contributed by atoms with E-state index in [1.54, 1.807) is 0 Å². The molecule has 1 aliphatic carbocycles. The Hall–Kier alpha value is -1.14. The van der Waals surface area contributed by atoms with Crippen LogP contribution in [0.2, 0.25) is 0 Å². The zero-order valence-corrected chi connectivity index (χ0v) is 13.0. The molecule has 0 bridgehead atoms. The highest BCUT2D eigenvalue weighted by molar-refractivity contribution is 5.34. The lowest BCUT2D eigenvalue weighted by Gasteiger charge is -2.39. The van der Waals surface area contributed by atoms with Gasteiger partial charge in [-0.05, 0) is 30.4 Å². The van der Waals surface area contributed by atoms with Crippen LogP contribution < -0.4 is 5.32 Å². The van der Waals surface area contributed by atoms with Crippen LogP contribution in [-0.2, 0) is 6.18 Å². The first kappa shape index (κ1) is 16.7. The minimum Gasteiger partial charge on any atom is -0.314 e. The van der Waals surface area contributed by atoms with Gasteiger partial charge in [-0.25, -0.2) is 4.39 Å². The Bertz CT molecular complexity index is 532. The highest BCUT2D eigenvalue weighted by Gasteiger charge is 2.42. The molecule has 1 aliphatic heterocycles. The maximum absolute atomic E-state index is 14.0. The van der Waals surface area contributed by atoms with Gasteiger partial charge in [-0.15, -0.1) is 0 Å². The number of hydrogen-bond acceptors (Lipinski definition) is 2. The SMILES string of the molecule is Fc1cccc([C@@H](C2CCCC2)N2CCNCC2)c1C(F)(F)F. The maximum Gasteiger partial charge on any atom is 0.419 e. The Morgan fingerprint density at radius 3 is 2.35 bits per heavy atom. The van der Waals surface area contributed by atoms with Crippen molar-refractivity contribution in [1.82, 2.24) is 10.2 Å². The fraction of sp³-hybridized carbons (Fsp3) is 0.647. The van der Waals surface area contributed by atoms with Gasteiger partial charge in [-0.2, -0.15) is 13.2 Å². The molecule has 1 saturated heterocycles. The molecule has 3 rings (SSSR count). The number of hydrogen-bond donors (Lipinski definition) is 1. The third-order valence-corrected chi connectivity index (χ3v) is 5.04. The standard InChI is InChI=1S/C17H22F4N2/c18-14-7-3-6-13(15(14)17(19,20)21)16(12-4-1-2-5-12)23-10-8-22-9-11-23/h3,6-7,12,16,22H,1-2,4-5,8-11H2/t16-/m1/s1. The van der Waals surface area contributed by atoms with Gasteiger partial charge < -0.3 is 5.32 Å². The van der Waals surface area contributed by atoms with Crippen molar-refractivity contribution in [3.05, 3.63) is 35.1 Å². The minimum absolute atomic E-state index is 0.117. The molecule has 128 valence electrons. The predicted octanol–water partition coefficient (Wildman–Crippen LogP) is 3.98. The van der Waals surface area contributed by atoms with Crippen molar-refractivity contribution >= 4 is 0 Å². The molecule has 1 atom stereocenters. The lowest BCUT2D eigenvalue weighted by atomic mass is 9.86. The number of alkyl halides is 3. The summed E-state index contributed by atoms with van der Waals surface area (Å²) in [6.45, 7) is 2.93. The predicted molar refractivity (Wildman–Crippen MR) is 80.5 cm³/mol. The van der Waals surface area contributed by atoms with E-state index >= 15 is 0 Å². The van der Waals surface area contributed by atoms with Gasteiger partial charge in [0.1, 0.15) is 5.82 Å². The molecule has 23 heavy (non-hydrogen) atoms. The van der Waals surface area contributed by atoms with E-state index < -0.39 is 17.6 Å². The maximum atomic E-state index is 14.0. The molecule has 2 aliphatic rings. The Kier molecular flexibility index (Phi) is 4.92. The highest BCUT2D eigenvalue weighted by atomic mass is 19.4. The lowest BCUT2D eigenvalue weighted by Crippen LogP contribution is -2.47.